The Hall–Kier alpha value is -1.86. The van der Waals surface area contributed by atoms with E-state index < -0.39 is 84.8 Å². The van der Waals surface area contributed by atoms with Gasteiger partial charge in [0.05, 0.1) is 0 Å². The van der Waals surface area contributed by atoms with Crippen LogP contribution in [0.1, 0.15) is 0 Å². The fourth-order valence-corrected chi connectivity index (χ4v) is 2.07. The summed E-state index contributed by atoms with van der Waals surface area (Å²) >= 11 is 0. The summed E-state index contributed by atoms with van der Waals surface area (Å²) in [4.78, 5) is 0. The molecule has 0 heterocycles. The molecular formula is C14H4F26O. The molecule has 0 radical (unpaired) electrons. The molecule has 0 aliphatic rings. The van der Waals surface area contributed by atoms with E-state index in [0.717, 1.165) is 0 Å². The molecule has 0 amide bonds. The SMILES string of the molecule is FC(F)C(F)(F)C(F)(F)C(F)(F)C(F)(F)C(F)(F)C(F)OC(F)C(F)(F)C(F)(F)C(F)(F)C(F)(F)C(F)(F)C(F)F. The average Bonchev–Trinajstić information content (AvgIpc) is 2.77. The van der Waals surface area contributed by atoms with Crippen LogP contribution in [0.2, 0.25) is 0 Å². The van der Waals surface area contributed by atoms with Crippen molar-refractivity contribution in [2.24, 2.45) is 0 Å². The highest BCUT2D eigenvalue weighted by Crippen LogP contribution is 2.61. The van der Waals surface area contributed by atoms with Crippen LogP contribution < -0.4 is 0 Å². The van der Waals surface area contributed by atoms with Crippen molar-refractivity contribution in [2.75, 3.05) is 0 Å². The Morgan fingerprint density at radius 2 is 0.439 bits per heavy atom. The summed E-state index contributed by atoms with van der Waals surface area (Å²) in [5.41, 5.74) is 0. The van der Waals surface area contributed by atoms with Gasteiger partial charge in [0.15, 0.2) is 0 Å². The highest BCUT2D eigenvalue weighted by molar-refractivity contribution is 5.11. The molecule has 0 aromatic heterocycles. The molecule has 0 N–H and O–H groups in total. The average molecular weight is 682 g/mol. The normalized spacial score (nSPS) is 17.9. The van der Waals surface area contributed by atoms with E-state index in [1.807, 2.05) is 0 Å². The summed E-state index contributed by atoms with van der Waals surface area (Å²) in [5.74, 6) is -83.3. The molecule has 0 saturated heterocycles. The Balaban J connectivity index is 6.59. The van der Waals surface area contributed by atoms with Crippen LogP contribution in [0.15, 0.2) is 0 Å². The molecule has 0 spiro atoms. The lowest BCUT2D eigenvalue weighted by molar-refractivity contribution is -0.446. The van der Waals surface area contributed by atoms with E-state index in [4.69, 9.17) is 0 Å². The molecule has 1 nitrogen and oxygen atoms in total. The Bertz CT molecular complexity index is 832. The van der Waals surface area contributed by atoms with Crippen LogP contribution in [-0.2, 0) is 4.74 Å². The number of halogens is 26. The number of alkyl halides is 26. The lowest BCUT2D eigenvalue weighted by Gasteiger charge is -2.41. The van der Waals surface area contributed by atoms with Gasteiger partial charge in [0.1, 0.15) is 0 Å². The van der Waals surface area contributed by atoms with Gasteiger partial charge in [-0.2, -0.15) is 87.8 Å². The molecule has 0 bridgehead atoms. The van der Waals surface area contributed by atoms with Gasteiger partial charge < -0.3 is 4.74 Å². The first-order valence-electron chi connectivity index (χ1n) is 8.72. The lowest BCUT2D eigenvalue weighted by Crippen LogP contribution is -2.71. The fourth-order valence-electron chi connectivity index (χ4n) is 2.07. The third kappa shape index (κ3) is 5.17. The third-order valence-corrected chi connectivity index (χ3v) is 4.61. The van der Waals surface area contributed by atoms with Gasteiger partial charge in [0.25, 0.3) is 12.7 Å². The minimum Gasteiger partial charge on any atom is -0.303 e. The zero-order valence-corrected chi connectivity index (χ0v) is 17.5. The maximum atomic E-state index is 13.4. The minimum atomic E-state index is -8.66. The van der Waals surface area contributed by atoms with E-state index in [0.29, 0.717) is 0 Å². The second-order valence-corrected chi connectivity index (χ2v) is 7.31. The van der Waals surface area contributed by atoms with E-state index in [9.17, 15) is 114 Å². The minimum absolute atomic E-state index is 1.61. The van der Waals surface area contributed by atoms with E-state index >= 15 is 0 Å². The van der Waals surface area contributed by atoms with Gasteiger partial charge in [-0.25, -0.2) is 26.3 Å². The van der Waals surface area contributed by atoms with Crippen molar-refractivity contribution in [1.29, 1.82) is 0 Å². The molecule has 2 atom stereocenters. The third-order valence-electron chi connectivity index (χ3n) is 4.61. The van der Waals surface area contributed by atoms with Gasteiger partial charge in [0, 0.05) is 0 Å². The molecule has 0 rings (SSSR count). The summed E-state index contributed by atoms with van der Waals surface area (Å²) < 4.78 is 338. The van der Waals surface area contributed by atoms with Crippen molar-refractivity contribution in [1.82, 2.24) is 0 Å². The Kier molecular flexibility index (Phi) is 9.92. The molecular weight excluding hydrogens is 678 g/mol. The maximum absolute atomic E-state index is 13.4. The number of ether oxygens (including phenoxy) is 1. The Morgan fingerprint density at radius 3 is 0.610 bits per heavy atom. The van der Waals surface area contributed by atoms with Gasteiger partial charge in [-0.1, -0.05) is 0 Å². The van der Waals surface area contributed by atoms with Gasteiger partial charge in [-0.15, -0.1) is 0 Å². The highest BCUT2D eigenvalue weighted by atomic mass is 19.4. The number of rotatable bonds is 14. The smallest absolute Gasteiger partial charge is 0.303 e. The van der Waals surface area contributed by atoms with Crippen LogP contribution in [0, 0.1) is 0 Å². The largest absolute Gasteiger partial charge is 0.384 e. The zero-order valence-electron chi connectivity index (χ0n) is 17.5. The van der Waals surface area contributed by atoms with Crippen molar-refractivity contribution in [2.45, 2.75) is 84.8 Å². The Morgan fingerprint density at radius 1 is 0.268 bits per heavy atom. The summed E-state index contributed by atoms with van der Waals surface area (Å²) in [6, 6.07) is 0. The Labute approximate surface area is 205 Å². The zero-order chi connectivity index (χ0) is 34.0. The van der Waals surface area contributed by atoms with Crippen molar-refractivity contribution in [3.05, 3.63) is 0 Å². The predicted octanol–water partition coefficient (Wildman–Crippen LogP) is 8.48. The van der Waals surface area contributed by atoms with E-state index in [1.54, 1.807) is 4.74 Å². The lowest BCUT2D eigenvalue weighted by atomic mass is 9.93. The van der Waals surface area contributed by atoms with Crippen LogP contribution in [0.4, 0.5) is 114 Å². The van der Waals surface area contributed by atoms with Gasteiger partial charge in [-0.05, 0) is 0 Å². The maximum Gasteiger partial charge on any atom is 0.384 e. The second kappa shape index (κ2) is 10.4. The first-order chi connectivity index (χ1) is 17.4. The van der Waals surface area contributed by atoms with Gasteiger partial charge in [0.2, 0.25) is 0 Å². The van der Waals surface area contributed by atoms with Crippen LogP contribution >= 0.6 is 0 Å². The molecule has 27 heteroatoms. The molecule has 248 valence electrons. The van der Waals surface area contributed by atoms with Crippen molar-refractivity contribution >= 4 is 0 Å². The predicted molar refractivity (Wildman–Crippen MR) is 72.4 cm³/mol. The van der Waals surface area contributed by atoms with Crippen molar-refractivity contribution in [3.63, 3.8) is 0 Å². The van der Waals surface area contributed by atoms with Crippen LogP contribution in [0.3, 0.4) is 0 Å². The molecule has 0 aliphatic carbocycles. The summed E-state index contributed by atoms with van der Waals surface area (Å²) in [6.07, 6.45) is -25.5. The van der Waals surface area contributed by atoms with Crippen LogP contribution in [0.5, 0.6) is 0 Å². The highest BCUT2D eigenvalue weighted by Gasteiger charge is 2.91. The van der Waals surface area contributed by atoms with Gasteiger partial charge in [-0.3, -0.25) is 0 Å². The molecule has 0 saturated carbocycles. The molecule has 0 fully saturated rings. The molecule has 0 aliphatic heterocycles. The fraction of sp³-hybridized carbons (Fsp3) is 1.00. The molecule has 0 aromatic rings. The summed E-state index contributed by atoms with van der Waals surface area (Å²) in [5, 5.41) is 0. The quantitative estimate of drug-likeness (QED) is 0.167. The first-order valence-corrected chi connectivity index (χ1v) is 8.72. The number of hydrogen-bond donors (Lipinski definition) is 0. The second-order valence-electron chi connectivity index (χ2n) is 7.31. The van der Waals surface area contributed by atoms with E-state index in [2.05, 4.69) is 0 Å². The van der Waals surface area contributed by atoms with E-state index in [1.165, 1.54) is 0 Å². The van der Waals surface area contributed by atoms with Gasteiger partial charge >= 0.3 is 72.1 Å². The summed E-state index contributed by atoms with van der Waals surface area (Å²) in [7, 11) is 0. The van der Waals surface area contributed by atoms with E-state index in [-0.39, 0.29) is 0 Å². The summed E-state index contributed by atoms with van der Waals surface area (Å²) in [6.45, 7) is 0. The topological polar surface area (TPSA) is 9.23 Å². The van der Waals surface area contributed by atoms with Crippen LogP contribution in [-0.4, -0.2) is 84.8 Å². The van der Waals surface area contributed by atoms with Crippen molar-refractivity contribution < 1.29 is 119 Å². The van der Waals surface area contributed by atoms with Crippen LogP contribution in [0.25, 0.3) is 0 Å². The van der Waals surface area contributed by atoms with Crippen molar-refractivity contribution in [3.8, 4) is 0 Å². The molecule has 41 heavy (non-hydrogen) atoms. The number of hydrogen-bond acceptors (Lipinski definition) is 1. The first kappa shape index (κ1) is 39.1. The molecule has 0 aromatic carbocycles. The monoisotopic (exact) mass is 682 g/mol. The standard InChI is InChI=1S/C14H4F26O/c15-1(16)5(21,22)9(29,30)13(37,38)11(33,34)7(25,26)3(19)41-4(20)8(27,28)12(35,36)14(39,40)10(31,32)6(23,24)2(17)18/h1-4H. The molecule has 2 unspecified atom stereocenters.